The van der Waals surface area contributed by atoms with Crippen LogP contribution < -0.4 is 5.73 Å². The van der Waals surface area contributed by atoms with Crippen molar-refractivity contribution in [3.05, 3.63) is 29.6 Å². The van der Waals surface area contributed by atoms with Crippen LogP contribution in [0.5, 0.6) is 0 Å². The quantitative estimate of drug-likeness (QED) is 0.899. The summed E-state index contributed by atoms with van der Waals surface area (Å²) in [5, 5.41) is 0. The Hall–Kier alpha value is -1.35. The molecule has 2 unspecified atom stereocenters. The molecule has 0 aliphatic carbocycles. The van der Waals surface area contributed by atoms with Crippen LogP contribution in [0.25, 0.3) is 11.0 Å². The summed E-state index contributed by atoms with van der Waals surface area (Å²) in [5.74, 6) is 1.40. The topological polar surface area (TPSA) is 43.8 Å². The predicted molar refractivity (Wildman–Crippen MR) is 76.8 cm³/mol. The van der Waals surface area contributed by atoms with Gasteiger partial charge < -0.3 is 10.3 Å². The number of nitrogens with two attached hydrogens (primary N) is 1. The minimum Gasteiger partial charge on any atom is -0.328 e. The van der Waals surface area contributed by atoms with Gasteiger partial charge in [-0.3, -0.25) is 0 Å². The molecule has 18 heavy (non-hydrogen) atoms. The predicted octanol–water partition coefficient (Wildman–Crippen LogP) is 3.21. The lowest BCUT2D eigenvalue weighted by Gasteiger charge is -2.17. The zero-order chi connectivity index (χ0) is 13.3. The van der Waals surface area contributed by atoms with Crippen LogP contribution in [0.15, 0.2) is 18.2 Å². The highest BCUT2D eigenvalue weighted by Crippen LogP contribution is 2.24. The minimum atomic E-state index is 0.124. The van der Waals surface area contributed by atoms with Gasteiger partial charge in [-0.25, -0.2) is 4.98 Å². The van der Waals surface area contributed by atoms with E-state index in [9.17, 15) is 0 Å². The summed E-state index contributed by atoms with van der Waals surface area (Å²) in [6.45, 7) is 9.51. The zero-order valence-corrected chi connectivity index (χ0v) is 11.8. The van der Waals surface area contributed by atoms with E-state index in [1.165, 1.54) is 11.1 Å². The Morgan fingerprint density at radius 1 is 1.33 bits per heavy atom. The third kappa shape index (κ3) is 2.27. The summed E-state index contributed by atoms with van der Waals surface area (Å²) in [7, 11) is 0. The van der Waals surface area contributed by atoms with E-state index in [0.717, 1.165) is 24.3 Å². The smallest absolute Gasteiger partial charge is 0.114 e. The van der Waals surface area contributed by atoms with Crippen LogP contribution in [0.2, 0.25) is 0 Å². The Morgan fingerprint density at radius 3 is 2.67 bits per heavy atom. The largest absolute Gasteiger partial charge is 0.328 e. The average Bonchev–Trinajstić information content (AvgIpc) is 2.66. The Labute approximate surface area is 109 Å². The second kappa shape index (κ2) is 5.11. The van der Waals surface area contributed by atoms with Crippen LogP contribution in [-0.4, -0.2) is 15.6 Å². The van der Waals surface area contributed by atoms with E-state index in [1.807, 2.05) is 6.92 Å². The van der Waals surface area contributed by atoms with Gasteiger partial charge in [-0.1, -0.05) is 19.9 Å². The number of nitrogens with zero attached hydrogens (tertiary/aromatic N) is 2. The number of fused-ring (bicyclic) bond motifs is 1. The van der Waals surface area contributed by atoms with Crippen molar-refractivity contribution >= 4 is 11.0 Å². The van der Waals surface area contributed by atoms with Gasteiger partial charge in [0.1, 0.15) is 5.82 Å². The van der Waals surface area contributed by atoms with Gasteiger partial charge in [-0.15, -0.1) is 0 Å². The lowest BCUT2D eigenvalue weighted by Crippen LogP contribution is -2.25. The molecule has 2 N–H and O–H groups in total. The second-order valence-electron chi connectivity index (χ2n) is 5.26. The van der Waals surface area contributed by atoms with Gasteiger partial charge in [-0.05, 0) is 38.0 Å². The van der Waals surface area contributed by atoms with Crippen molar-refractivity contribution in [2.75, 3.05) is 0 Å². The maximum absolute atomic E-state index is 6.03. The van der Waals surface area contributed by atoms with Gasteiger partial charge >= 0.3 is 0 Å². The fourth-order valence-corrected chi connectivity index (χ4v) is 2.30. The van der Waals surface area contributed by atoms with Crippen LogP contribution in [0.3, 0.4) is 0 Å². The summed E-state index contributed by atoms with van der Waals surface area (Å²) in [6, 6.07) is 6.60. The summed E-state index contributed by atoms with van der Waals surface area (Å²) in [5.41, 5.74) is 9.60. The van der Waals surface area contributed by atoms with Crippen molar-refractivity contribution in [3.63, 3.8) is 0 Å². The lowest BCUT2D eigenvalue weighted by molar-refractivity contribution is 0.539. The number of aryl methyl sites for hydroxylation is 2. The van der Waals surface area contributed by atoms with Gasteiger partial charge in [0.15, 0.2) is 0 Å². The van der Waals surface area contributed by atoms with Crippen LogP contribution in [0, 0.1) is 6.92 Å². The molecule has 0 fully saturated rings. The minimum absolute atomic E-state index is 0.124. The zero-order valence-electron chi connectivity index (χ0n) is 11.8. The summed E-state index contributed by atoms with van der Waals surface area (Å²) in [4.78, 5) is 4.80. The molecular weight excluding hydrogens is 222 g/mol. The average molecular weight is 245 g/mol. The maximum Gasteiger partial charge on any atom is 0.114 e. The van der Waals surface area contributed by atoms with Crippen LogP contribution in [0.4, 0.5) is 0 Å². The van der Waals surface area contributed by atoms with Gasteiger partial charge in [-0.2, -0.15) is 0 Å². The molecule has 0 amide bonds. The molecule has 1 aromatic carbocycles. The van der Waals surface area contributed by atoms with Crippen molar-refractivity contribution in [1.82, 2.24) is 9.55 Å². The van der Waals surface area contributed by atoms with E-state index in [2.05, 4.69) is 43.5 Å². The molecule has 0 aliphatic heterocycles. The molecule has 0 spiro atoms. The van der Waals surface area contributed by atoms with E-state index < -0.39 is 0 Å². The van der Waals surface area contributed by atoms with Crippen molar-refractivity contribution in [1.29, 1.82) is 0 Å². The summed E-state index contributed by atoms with van der Waals surface area (Å²) in [6.07, 6.45) is 1.11. The molecule has 0 saturated heterocycles. The molecule has 0 bridgehead atoms. The van der Waals surface area contributed by atoms with Gasteiger partial charge in [0.25, 0.3) is 0 Å². The fraction of sp³-hybridized carbons (Fsp3) is 0.533. The molecule has 0 aliphatic rings. The van der Waals surface area contributed by atoms with Gasteiger partial charge in [0.05, 0.1) is 11.0 Å². The number of rotatable bonds is 4. The molecule has 3 nitrogen and oxygen atoms in total. The van der Waals surface area contributed by atoms with Gasteiger partial charge in [0, 0.05) is 18.5 Å². The molecule has 2 rings (SSSR count). The standard InChI is InChI=1S/C15H23N3/c1-5-8-18-14-7-6-10(2)9-13(14)17-15(18)11(3)12(4)16/h6-7,9,11-12H,5,8,16H2,1-4H3. The van der Waals surface area contributed by atoms with E-state index >= 15 is 0 Å². The lowest BCUT2D eigenvalue weighted by atomic mass is 10.0. The first-order chi connectivity index (χ1) is 8.54. The van der Waals surface area contributed by atoms with E-state index in [-0.39, 0.29) is 12.0 Å². The maximum atomic E-state index is 6.03. The van der Waals surface area contributed by atoms with E-state index in [1.54, 1.807) is 0 Å². The van der Waals surface area contributed by atoms with Crippen LogP contribution >= 0.6 is 0 Å². The summed E-state index contributed by atoms with van der Waals surface area (Å²) < 4.78 is 2.32. The first-order valence-electron chi connectivity index (χ1n) is 6.77. The molecule has 1 aromatic heterocycles. The monoisotopic (exact) mass is 245 g/mol. The highest BCUT2D eigenvalue weighted by Gasteiger charge is 2.19. The Bertz CT molecular complexity index is 540. The normalized spacial score (nSPS) is 14.9. The molecule has 98 valence electrons. The first kappa shape index (κ1) is 13.1. The number of aromatic nitrogens is 2. The molecule has 3 heteroatoms. The molecule has 0 saturated carbocycles. The number of imidazole rings is 1. The van der Waals surface area contributed by atoms with Gasteiger partial charge in [0.2, 0.25) is 0 Å². The van der Waals surface area contributed by atoms with Crippen molar-refractivity contribution in [2.24, 2.45) is 5.73 Å². The Balaban J connectivity index is 2.60. The SMILES string of the molecule is CCCn1c(C(C)C(C)N)nc2cc(C)ccc21. The fourth-order valence-electron chi connectivity index (χ4n) is 2.30. The molecule has 2 aromatic rings. The molecule has 1 heterocycles. The third-order valence-corrected chi connectivity index (χ3v) is 3.58. The van der Waals surface area contributed by atoms with Crippen molar-refractivity contribution in [3.8, 4) is 0 Å². The Morgan fingerprint density at radius 2 is 2.06 bits per heavy atom. The number of hydrogen-bond acceptors (Lipinski definition) is 2. The van der Waals surface area contributed by atoms with Crippen LogP contribution in [0.1, 0.15) is 44.5 Å². The number of benzene rings is 1. The molecule has 2 atom stereocenters. The highest BCUT2D eigenvalue weighted by molar-refractivity contribution is 5.77. The third-order valence-electron chi connectivity index (χ3n) is 3.58. The number of hydrogen-bond donors (Lipinski definition) is 1. The van der Waals surface area contributed by atoms with E-state index in [0.29, 0.717) is 0 Å². The molecule has 0 radical (unpaired) electrons. The van der Waals surface area contributed by atoms with Crippen LogP contribution in [-0.2, 0) is 6.54 Å². The first-order valence-corrected chi connectivity index (χ1v) is 6.77. The van der Waals surface area contributed by atoms with E-state index in [4.69, 9.17) is 10.7 Å². The Kier molecular flexibility index (Phi) is 3.71. The second-order valence-corrected chi connectivity index (χ2v) is 5.26. The van der Waals surface area contributed by atoms with Crippen molar-refractivity contribution in [2.45, 2.75) is 52.6 Å². The van der Waals surface area contributed by atoms with Crippen molar-refractivity contribution < 1.29 is 0 Å². The molecular formula is C15H23N3. The summed E-state index contributed by atoms with van der Waals surface area (Å²) >= 11 is 0. The highest BCUT2D eigenvalue weighted by atomic mass is 15.1.